The molecule has 3 rings (SSSR count). The van der Waals surface area contributed by atoms with Gasteiger partial charge in [-0.3, -0.25) is 0 Å². The summed E-state index contributed by atoms with van der Waals surface area (Å²) in [6.07, 6.45) is -0.0874. The van der Waals surface area contributed by atoms with Crippen LogP contribution in [0.3, 0.4) is 0 Å². The molecule has 1 aromatic heterocycles. The van der Waals surface area contributed by atoms with Gasteiger partial charge in [0.25, 0.3) is 0 Å². The first-order chi connectivity index (χ1) is 8.15. The molecule has 2 heterocycles. The average Bonchev–Trinajstić information content (AvgIpc) is 2.64. The Morgan fingerprint density at radius 3 is 3.06 bits per heavy atom. The van der Waals surface area contributed by atoms with Crippen LogP contribution in [0.5, 0.6) is 0 Å². The molecule has 0 aliphatic carbocycles. The Balaban J connectivity index is 2.12. The lowest BCUT2D eigenvalue weighted by Gasteiger charge is -2.24. The maximum Gasteiger partial charge on any atom is 0.407 e. The molecule has 0 bridgehead atoms. The van der Waals surface area contributed by atoms with E-state index in [1.165, 1.54) is 4.90 Å². The molecule has 0 fully saturated rings. The van der Waals surface area contributed by atoms with Crippen molar-refractivity contribution < 1.29 is 9.90 Å². The summed E-state index contributed by atoms with van der Waals surface area (Å²) in [6.45, 7) is 1.04. The van der Waals surface area contributed by atoms with Gasteiger partial charge < -0.3 is 15.0 Å². The Hall–Kier alpha value is -1.49. The molecule has 0 radical (unpaired) electrons. The summed E-state index contributed by atoms with van der Waals surface area (Å²) in [5.41, 5.74) is 3.34. The summed E-state index contributed by atoms with van der Waals surface area (Å²) < 4.78 is 1.03. The first-order valence-corrected chi connectivity index (χ1v) is 6.21. The lowest BCUT2D eigenvalue weighted by molar-refractivity contribution is 0.140. The number of hydrogen-bond donors (Lipinski definition) is 2. The van der Waals surface area contributed by atoms with Gasteiger partial charge >= 0.3 is 6.09 Å². The van der Waals surface area contributed by atoms with Crippen LogP contribution in [0.4, 0.5) is 4.79 Å². The number of aromatic amines is 1. The topological polar surface area (TPSA) is 56.3 Å². The number of benzene rings is 1. The van der Waals surface area contributed by atoms with E-state index in [0.717, 1.165) is 33.1 Å². The molecule has 1 aliphatic rings. The molecule has 0 atom stereocenters. The van der Waals surface area contributed by atoms with Gasteiger partial charge in [-0.05, 0) is 12.1 Å². The van der Waals surface area contributed by atoms with E-state index >= 15 is 0 Å². The lowest BCUT2D eigenvalue weighted by Crippen LogP contribution is -2.34. The zero-order chi connectivity index (χ0) is 12.0. The molecule has 1 amide bonds. The van der Waals surface area contributed by atoms with E-state index in [4.69, 9.17) is 5.11 Å². The van der Waals surface area contributed by atoms with Crippen molar-refractivity contribution in [3.05, 3.63) is 33.9 Å². The molecule has 0 unspecified atom stereocenters. The second-order valence-electron chi connectivity index (χ2n) is 4.23. The Morgan fingerprint density at radius 1 is 1.47 bits per heavy atom. The van der Waals surface area contributed by atoms with E-state index in [2.05, 4.69) is 20.9 Å². The first kappa shape index (κ1) is 10.7. The largest absolute Gasteiger partial charge is 0.465 e. The van der Waals surface area contributed by atoms with Crippen LogP contribution in [0.1, 0.15) is 11.3 Å². The van der Waals surface area contributed by atoms with Crippen LogP contribution in [0.25, 0.3) is 10.9 Å². The zero-order valence-corrected chi connectivity index (χ0v) is 10.6. The highest BCUT2D eigenvalue weighted by Crippen LogP contribution is 2.29. The molecule has 1 aromatic carbocycles. The van der Waals surface area contributed by atoms with Crippen LogP contribution < -0.4 is 0 Å². The van der Waals surface area contributed by atoms with Crippen LogP contribution >= 0.6 is 15.9 Å². The maximum atomic E-state index is 11.0. The number of fused-ring (bicyclic) bond motifs is 3. The van der Waals surface area contributed by atoms with Crippen LogP contribution in [-0.4, -0.2) is 27.6 Å². The van der Waals surface area contributed by atoms with Gasteiger partial charge in [-0.25, -0.2) is 4.79 Å². The summed E-state index contributed by atoms with van der Waals surface area (Å²) in [7, 11) is 0. The maximum absolute atomic E-state index is 11.0. The van der Waals surface area contributed by atoms with Crippen molar-refractivity contribution >= 4 is 32.9 Å². The van der Waals surface area contributed by atoms with E-state index in [1.807, 2.05) is 18.2 Å². The third-order valence-corrected chi connectivity index (χ3v) is 3.70. The minimum absolute atomic E-state index is 0.478. The molecule has 17 heavy (non-hydrogen) atoms. The summed E-state index contributed by atoms with van der Waals surface area (Å²) >= 11 is 3.44. The first-order valence-electron chi connectivity index (χ1n) is 5.42. The highest BCUT2D eigenvalue weighted by atomic mass is 79.9. The van der Waals surface area contributed by atoms with E-state index in [1.54, 1.807) is 0 Å². The average molecular weight is 295 g/mol. The van der Waals surface area contributed by atoms with Crippen molar-refractivity contribution in [1.29, 1.82) is 0 Å². The number of carboxylic acid groups (broad SMARTS) is 1. The number of nitrogens with one attached hydrogen (secondary N) is 1. The van der Waals surface area contributed by atoms with Gasteiger partial charge in [0, 0.05) is 39.6 Å². The number of H-pyrrole nitrogens is 1. The minimum atomic E-state index is -0.845. The van der Waals surface area contributed by atoms with Crippen molar-refractivity contribution in [2.75, 3.05) is 6.54 Å². The molecule has 1 aliphatic heterocycles. The molecule has 0 saturated carbocycles. The van der Waals surface area contributed by atoms with Crippen molar-refractivity contribution in [2.45, 2.75) is 13.0 Å². The highest BCUT2D eigenvalue weighted by Gasteiger charge is 2.23. The van der Waals surface area contributed by atoms with Crippen LogP contribution in [0, 0.1) is 0 Å². The second kappa shape index (κ2) is 3.77. The number of nitrogens with zero attached hydrogens (tertiary/aromatic N) is 1. The van der Waals surface area contributed by atoms with Crippen molar-refractivity contribution in [3.63, 3.8) is 0 Å². The minimum Gasteiger partial charge on any atom is -0.465 e. The number of amides is 1. The Kier molecular flexibility index (Phi) is 2.36. The normalized spacial score (nSPS) is 15.0. The predicted octanol–water partition coefficient (Wildman–Crippen LogP) is 2.97. The summed E-state index contributed by atoms with van der Waals surface area (Å²) in [4.78, 5) is 15.8. The molecule has 0 spiro atoms. The van der Waals surface area contributed by atoms with E-state index in [-0.39, 0.29) is 0 Å². The summed E-state index contributed by atoms with van der Waals surface area (Å²) in [6, 6.07) is 6.04. The van der Waals surface area contributed by atoms with Gasteiger partial charge in [-0.2, -0.15) is 0 Å². The highest BCUT2D eigenvalue weighted by molar-refractivity contribution is 9.10. The Morgan fingerprint density at radius 2 is 2.29 bits per heavy atom. The molecule has 5 heteroatoms. The summed E-state index contributed by atoms with van der Waals surface area (Å²) in [5.74, 6) is 0. The third-order valence-electron chi connectivity index (χ3n) is 3.21. The number of carbonyl (C=O) groups is 1. The van der Waals surface area contributed by atoms with Crippen molar-refractivity contribution in [1.82, 2.24) is 9.88 Å². The molecule has 88 valence electrons. The van der Waals surface area contributed by atoms with Crippen molar-refractivity contribution in [2.24, 2.45) is 0 Å². The Bertz CT molecular complexity index is 606. The smallest absolute Gasteiger partial charge is 0.407 e. The third kappa shape index (κ3) is 1.70. The number of rotatable bonds is 0. The lowest BCUT2D eigenvalue weighted by atomic mass is 10.1. The predicted molar refractivity (Wildman–Crippen MR) is 68.1 cm³/mol. The van der Waals surface area contributed by atoms with Gasteiger partial charge in [0.05, 0.1) is 6.54 Å². The number of halogens is 1. The van der Waals surface area contributed by atoms with Gasteiger partial charge in [-0.15, -0.1) is 0 Å². The van der Waals surface area contributed by atoms with Gasteiger partial charge in [0.2, 0.25) is 0 Å². The fourth-order valence-corrected chi connectivity index (χ4v) is 2.72. The fourth-order valence-electron chi connectivity index (χ4n) is 2.36. The standard InChI is InChI=1S/C12H11BrN2O2/c13-7-1-2-8-9-6-15(12(16)17)4-3-10(9)14-11(8)5-7/h1-2,5,14H,3-4,6H2,(H,16,17). The van der Waals surface area contributed by atoms with Gasteiger partial charge in [0.15, 0.2) is 0 Å². The molecule has 4 nitrogen and oxygen atoms in total. The number of aromatic nitrogens is 1. The zero-order valence-electron chi connectivity index (χ0n) is 9.03. The molecule has 2 aromatic rings. The SMILES string of the molecule is O=C(O)N1CCc2[nH]c3cc(Br)ccc3c2C1. The van der Waals surface area contributed by atoms with Crippen LogP contribution in [0.2, 0.25) is 0 Å². The number of hydrogen-bond acceptors (Lipinski definition) is 1. The van der Waals surface area contributed by atoms with E-state index < -0.39 is 6.09 Å². The summed E-state index contributed by atoms with van der Waals surface area (Å²) in [5, 5.41) is 10.1. The molecule has 2 N–H and O–H groups in total. The molecular weight excluding hydrogens is 284 g/mol. The van der Waals surface area contributed by atoms with E-state index in [9.17, 15) is 4.79 Å². The van der Waals surface area contributed by atoms with E-state index in [0.29, 0.717) is 13.1 Å². The van der Waals surface area contributed by atoms with Crippen LogP contribution in [0.15, 0.2) is 22.7 Å². The van der Waals surface area contributed by atoms with Gasteiger partial charge in [-0.1, -0.05) is 22.0 Å². The van der Waals surface area contributed by atoms with Gasteiger partial charge in [0.1, 0.15) is 0 Å². The quantitative estimate of drug-likeness (QED) is 0.785. The van der Waals surface area contributed by atoms with Crippen LogP contribution in [-0.2, 0) is 13.0 Å². The monoisotopic (exact) mass is 294 g/mol. The van der Waals surface area contributed by atoms with Crippen molar-refractivity contribution in [3.8, 4) is 0 Å². The Labute approximate surface area is 106 Å². The fraction of sp³-hybridized carbons (Fsp3) is 0.250. The second-order valence-corrected chi connectivity index (χ2v) is 5.14. The molecule has 0 saturated heterocycles. The molecular formula is C12H11BrN2O2.